The second kappa shape index (κ2) is 10.1. The number of benzene rings is 2. The molecule has 9 nitrogen and oxygen atoms in total. The Hall–Kier alpha value is -3.43. The van der Waals surface area contributed by atoms with Crippen molar-refractivity contribution in [3.63, 3.8) is 0 Å². The van der Waals surface area contributed by atoms with Gasteiger partial charge in [0.15, 0.2) is 0 Å². The van der Waals surface area contributed by atoms with Crippen molar-refractivity contribution >= 4 is 17.8 Å². The zero-order valence-corrected chi connectivity index (χ0v) is 19.9. The van der Waals surface area contributed by atoms with Gasteiger partial charge in [-0.15, -0.1) is 0 Å². The predicted octanol–water partition coefficient (Wildman–Crippen LogP) is 1.98. The van der Waals surface area contributed by atoms with Crippen molar-refractivity contribution in [2.45, 2.75) is 37.7 Å². The lowest BCUT2D eigenvalue weighted by molar-refractivity contribution is -0.188. The van der Waals surface area contributed by atoms with Gasteiger partial charge < -0.3 is 19.9 Å². The Labute approximate surface area is 205 Å². The second-order valence-corrected chi connectivity index (χ2v) is 9.28. The monoisotopic (exact) mass is 477 g/mol. The van der Waals surface area contributed by atoms with Gasteiger partial charge in [0.25, 0.3) is 0 Å². The average Bonchev–Trinajstić information content (AvgIpc) is 3.38. The Bertz CT molecular complexity index is 1060. The van der Waals surface area contributed by atoms with Gasteiger partial charge in [-0.1, -0.05) is 60.7 Å². The standard InChI is InChI=1S/C26H31N5O4/c1-28-18-23(32)30-22(31(28)26(34)27-15-19-9-4-2-5-10-19)17-29(16-21-13-8-14-35-21)25(33)24(30)20-11-6-3-7-12-20/h2-7,9-12,21-22,24H,8,13-18H2,1H3,(H,27,34)/t21?,22?,24-/m0/s1. The van der Waals surface area contributed by atoms with E-state index in [-0.39, 0.29) is 37.0 Å². The molecule has 0 aliphatic carbocycles. The number of piperazine rings is 1. The Morgan fingerprint density at radius 1 is 1.06 bits per heavy atom. The lowest BCUT2D eigenvalue weighted by Crippen LogP contribution is -2.74. The number of ether oxygens (including phenoxy) is 1. The van der Waals surface area contributed by atoms with Crippen LogP contribution in [-0.2, 0) is 20.9 Å². The zero-order valence-electron chi connectivity index (χ0n) is 19.9. The molecule has 2 aromatic rings. The number of carbonyl (C=O) groups is 3. The lowest BCUT2D eigenvalue weighted by Gasteiger charge is -2.54. The van der Waals surface area contributed by atoms with Crippen LogP contribution in [0.25, 0.3) is 0 Å². The molecule has 184 valence electrons. The highest BCUT2D eigenvalue weighted by molar-refractivity contribution is 5.92. The molecule has 1 N–H and O–H groups in total. The molecule has 35 heavy (non-hydrogen) atoms. The van der Waals surface area contributed by atoms with Crippen LogP contribution in [0.5, 0.6) is 0 Å². The molecule has 0 aromatic heterocycles. The second-order valence-electron chi connectivity index (χ2n) is 9.28. The van der Waals surface area contributed by atoms with Crippen molar-refractivity contribution in [1.29, 1.82) is 0 Å². The van der Waals surface area contributed by atoms with Gasteiger partial charge in [0.05, 0.1) is 19.2 Å². The van der Waals surface area contributed by atoms with Crippen LogP contribution in [0.3, 0.4) is 0 Å². The summed E-state index contributed by atoms with van der Waals surface area (Å²) >= 11 is 0. The van der Waals surface area contributed by atoms with Gasteiger partial charge >= 0.3 is 6.03 Å². The molecule has 3 heterocycles. The van der Waals surface area contributed by atoms with Crippen LogP contribution < -0.4 is 5.32 Å². The third-order valence-electron chi connectivity index (χ3n) is 6.89. The maximum absolute atomic E-state index is 13.7. The van der Waals surface area contributed by atoms with Crippen molar-refractivity contribution in [3.8, 4) is 0 Å². The average molecular weight is 478 g/mol. The summed E-state index contributed by atoms with van der Waals surface area (Å²) in [7, 11) is 1.73. The first kappa shape index (κ1) is 23.3. The van der Waals surface area contributed by atoms with Crippen LogP contribution in [0, 0.1) is 0 Å². The molecule has 3 fully saturated rings. The third-order valence-corrected chi connectivity index (χ3v) is 6.89. The first-order valence-electron chi connectivity index (χ1n) is 12.1. The van der Waals surface area contributed by atoms with E-state index in [0.717, 1.165) is 24.0 Å². The summed E-state index contributed by atoms with van der Waals surface area (Å²) < 4.78 is 5.81. The van der Waals surface area contributed by atoms with E-state index in [9.17, 15) is 14.4 Å². The van der Waals surface area contributed by atoms with E-state index in [4.69, 9.17) is 4.74 Å². The lowest BCUT2D eigenvalue weighted by atomic mass is 9.98. The summed E-state index contributed by atoms with van der Waals surface area (Å²) in [6.07, 6.45) is 1.22. The summed E-state index contributed by atoms with van der Waals surface area (Å²) in [6.45, 7) is 1.75. The summed E-state index contributed by atoms with van der Waals surface area (Å²) in [5, 5.41) is 6.20. The molecule has 0 spiro atoms. The number of nitrogens with zero attached hydrogens (tertiary/aromatic N) is 4. The maximum Gasteiger partial charge on any atom is 0.334 e. The minimum absolute atomic E-state index is 0.0115. The van der Waals surface area contributed by atoms with E-state index in [1.807, 2.05) is 60.7 Å². The normalized spacial score (nSPS) is 25.1. The Balaban J connectivity index is 1.45. The molecule has 3 aliphatic rings. The fourth-order valence-corrected chi connectivity index (χ4v) is 5.21. The number of likely N-dealkylation sites (N-methyl/N-ethyl adjacent to an activating group) is 1. The fourth-order valence-electron chi connectivity index (χ4n) is 5.21. The van der Waals surface area contributed by atoms with Crippen LogP contribution in [0.4, 0.5) is 4.79 Å². The van der Waals surface area contributed by atoms with Crippen LogP contribution in [-0.4, -0.2) is 83.2 Å². The number of urea groups is 1. The molecule has 3 saturated heterocycles. The maximum atomic E-state index is 13.7. The van der Waals surface area contributed by atoms with Crippen LogP contribution in [0.15, 0.2) is 60.7 Å². The van der Waals surface area contributed by atoms with E-state index in [1.54, 1.807) is 26.9 Å². The number of hydrazine groups is 1. The van der Waals surface area contributed by atoms with Gasteiger partial charge in [-0.2, -0.15) is 0 Å². The van der Waals surface area contributed by atoms with E-state index >= 15 is 0 Å². The smallest absolute Gasteiger partial charge is 0.334 e. The van der Waals surface area contributed by atoms with Gasteiger partial charge in [0.2, 0.25) is 11.8 Å². The number of carbonyl (C=O) groups excluding carboxylic acids is 3. The molecule has 4 amide bonds. The van der Waals surface area contributed by atoms with Gasteiger partial charge in [0.1, 0.15) is 12.2 Å². The van der Waals surface area contributed by atoms with E-state index < -0.39 is 12.2 Å². The molecule has 9 heteroatoms. The molecule has 0 radical (unpaired) electrons. The van der Waals surface area contributed by atoms with Crippen molar-refractivity contribution in [3.05, 3.63) is 71.8 Å². The van der Waals surface area contributed by atoms with Crippen molar-refractivity contribution in [1.82, 2.24) is 25.1 Å². The minimum atomic E-state index is -0.790. The van der Waals surface area contributed by atoms with Gasteiger partial charge in [-0.3, -0.25) is 9.59 Å². The van der Waals surface area contributed by atoms with Gasteiger partial charge in [-0.25, -0.2) is 14.8 Å². The molecule has 2 unspecified atom stereocenters. The van der Waals surface area contributed by atoms with Crippen LogP contribution >= 0.6 is 0 Å². The Kier molecular flexibility index (Phi) is 6.70. The highest BCUT2D eigenvalue weighted by Crippen LogP contribution is 2.35. The topological polar surface area (TPSA) is 85.4 Å². The summed E-state index contributed by atoms with van der Waals surface area (Å²) in [4.78, 5) is 43.8. The number of hydrogen-bond acceptors (Lipinski definition) is 5. The quantitative estimate of drug-likeness (QED) is 0.712. The molecular formula is C26H31N5O4. The highest BCUT2D eigenvalue weighted by Gasteiger charge is 2.51. The molecule has 2 aromatic carbocycles. The number of fused-ring (bicyclic) bond motifs is 1. The van der Waals surface area contributed by atoms with E-state index in [1.165, 1.54) is 0 Å². The Morgan fingerprint density at radius 2 is 1.77 bits per heavy atom. The van der Waals surface area contributed by atoms with Crippen molar-refractivity contribution in [2.75, 3.05) is 33.3 Å². The number of hydrogen-bond donors (Lipinski definition) is 1. The molecule has 3 aliphatic heterocycles. The van der Waals surface area contributed by atoms with Gasteiger partial charge in [-0.05, 0) is 24.0 Å². The third kappa shape index (κ3) is 4.74. The SMILES string of the molecule is CN1CC(=O)N2C(CN(CC3CCCO3)C(=O)[C@@H]2c2ccccc2)N1C(=O)NCc1ccccc1. The molecule has 0 bridgehead atoms. The number of amides is 4. The van der Waals surface area contributed by atoms with Crippen LogP contribution in [0.2, 0.25) is 0 Å². The molecular weight excluding hydrogens is 446 g/mol. The minimum Gasteiger partial charge on any atom is -0.376 e. The van der Waals surface area contributed by atoms with E-state index in [2.05, 4.69) is 5.32 Å². The first-order valence-corrected chi connectivity index (χ1v) is 12.1. The van der Waals surface area contributed by atoms with Crippen molar-refractivity contribution < 1.29 is 19.1 Å². The summed E-state index contributed by atoms with van der Waals surface area (Å²) in [5.74, 6) is -0.311. The fraction of sp³-hybridized carbons (Fsp3) is 0.423. The van der Waals surface area contributed by atoms with Crippen LogP contribution in [0.1, 0.15) is 30.0 Å². The summed E-state index contributed by atoms with van der Waals surface area (Å²) in [5.41, 5.74) is 1.72. The zero-order chi connectivity index (χ0) is 24.4. The summed E-state index contributed by atoms with van der Waals surface area (Å²) in [6, 6.07) is 17.9. The molecule has 3 atom stereocenters. The first-order chi connectivity index (χ1) is 17.0. The predicted molar refractivity (Wildman–Crippen MR) is 129 cm³/mol. The van der Waals surface area contributed by atoms with Crippen molar-refractivity contribution in [2.24, 2.45) is 0 Å². The van der Waals surface area contributed by atoms with E-state index in [0.29, 0.717) is 19.7 Å². The number of rotatable bonds is 5. The Morgan fingerprint density at radius 3 is 2.46 bits per heavy atom. The largest absolute Gasteiger partial charge is 0.376 e. The number of nitrogens with one attached hydrogen (secondary N) is 1. The molecule has 5 rings (SSSR count). The van der Waals surface area contributed by atoms with Gasteiger partial charge in [0, 0.05) is 26.7 Å². The highest BCUT2D eigenvalue weighted by atomic mass is 16.5. The molecule has 0 saturated carbocycles.